The Balaban J connectivity index is 1.37. The van der Waals surface area contributed by atoms with E-state index in [-0.39, 0.29) is 23.6 Å². The summed E-state index contributed by atoms with van der Waals surface area (Å²) in [7, 11) is 0. The van der Waals surface area contributed by atoms with Crippen molar-refractivity contribution in [2.45, 2.75) is 38.5 Å². The number of aromatic nitrogens is 1. The minimum atomic E-state index is -0.264. The maximum Gasteiger partial charge on any atom is 0.257 e. The van der Waals surface area contributed by atoms with E-state index in [4.69, 9.17) is 4.74 Å². The fourth-order valence-corrected chi connectivity index (χ4v) is 6.39. The van der Waals surface area contributed by atoms with Gasteiger partial charge in [-0.3, -0.25) is 19.4 Å². The average Bonchev–Trinajstić information content (AvgIpc) is 3.26. The highest BCUT2D eigenvalue weighted by Crippen LogP contribution is 2.39. The Kier molecular flexibility index (Phi) is 6.92. The third kappa shape index (κ3) is 4.72. The Hall–Kier alpha value is -2.78. The Bertz CT molecular complexity index is 1060. The fraction of sp³-hybridized carbons (Fsp3) is 0.520. The molecule has 2 aromatic rings. The van der Waals surface area contributed by atoms with Crippen LogP contribution < -0.4 is 5.32 Å². The molecule has 2 saturated heterocycles. The molecule has 0 spiro atoms. The molecule has 3 amide bonds. The number of rotatable bonds is 4. The number of carbonyl (C=O) groups is 3. The van der Waals surface area contributed by atoms with Crippen molar-refractivity contribution in [1.82, 2.24) is 14.8 Å². The summed E-state index contributed by atoms with van der Waals surface area (Å²) in [4.78, 5) is 48.7. The highest BCUT2D eigenvalue weighted by atomic mass is 32.1. The van der Waals surface area contributed by atoms with Crippen LogP contribution in [-0.4, -0.2) is 71.9 Å². The minimum absolute atomic E-state index is 0.0691. The first-order valence-corrected chi connectivity index (χ1v) is 12.9. The summed E-state index contributed by atoms with van der Waals surface area (Å²) in [5.41, 5.74) is 2.15. The van der Waals surface area contributed by atoms with Crippen LogP contribution in [0.5, 0.6) is 0 Å². The van der Waals surface area contributed by atoms with Crippen LogP contribution >= 0.6 is 11.3 Å². The topological polar surface area (TPSA) is 91.8 Å². The third-order valence-corrected chi connectivity index (χ3v) is 8.12. The summed E-state index contributed by atoms with van der Waals surface area (Å²) < 4.78 is 5.38. The first-order valence-electron chi connectivity index (χ1n) is 12.1. The SMILES string of the molecule is O=C(Nc1sc2c(c1C(=O)N1CCCC(C(=O)N3CCOCC3)C1)CCCC2)c1cccnc1. The number of hydrogen-bond acceptors (Lipinski definition) is 6. The lowest BCUT2D eigenvalue weighted by Crippen LogP contribution is -2.49. The van der Waals surface area contributed by atoms with Gasteiger partial charge in [0, 0.05) is 43.4 Å². The number of carbonyl (C=O) groups excluding carboxylic acids is 3. The molecule has 180 valence electrons. The first kappa shape index (κ1) is 23.0. The van der Waals surface area contributed by atoms with Gasteiger partial charge in [0.2, 0.25) is 5.91 Å². The number of pyridine rings is 1. The van der Waals surface area contributed by atoms with E-state index < -0.39 is 0 Å². The van der Waals surface area contributed by atoms with E-state index >= 15 is 0 Å². The molecule has 1 unspecified atom stereocenters. The summed E-state index contributed by atoms with van der Waals surface area (Å²) in [5.74, 6) is -0.392. The predicted octanol–water partition coefficient (Wildman–Crippen LogP) is 2.99. The minimum Gasteiger partial charge on any atom is -0.378 e. The molecule has 2 aliphatic heterocycles. The molecule has 2 aromatic heterocycles. The number of ether oxygens (including phenoxy) is 1. The highest BCUT2D eigenvalue weighted by Gasteiger charge is 2.35. The maximum atomic E-state index is 13.8. The second-order valence-electron chi connectivity index (χ2n) is 9.14. The lowest BCUT2D eigenvalue weighted by molar-refractivity contribution is -0.141. The van der Waals surface area contributed by atoms with Crippen LogP contribution in [0.15, 0.2) is 24.5 Å². The lowest BCUT2D eigenvalue weighted by atomic mass is 9.93. The van der Waals surface area contributed by atoms with Gasteiger partial charge in [-0.25, -0.2) is 0 Å². The molecular weight excluding hydrogens is 452 g/mol. The van der Waals surface area contributed by atoms with E-state index in [2.05, 4.69) is 10.3 Å². The van der Waals surface area contributed by atoms with Crippen LogP contribution in [0.4, 0.5) is 5.00 Å². The van der Waals surface area contributed by atoms with Gasteiger partial charge in [0.1, 0.15) is 5.00 Å². The van der Waals surface area contributed by atoms with Gasteiger partial charge < -0.3 is 19.9 Å². The van der Waals surface area contributed by atoms with Gasteiger partial charge in [0.15, 0.2) is 0 Å². The molecule has 2 fully saturated rings. The Labute approximate surface area is 203 Å². The highest BCUT2D eigenvalue weighted by molar-refractivity contribution is 7.17. The number of morpholine rings is 1. The molecule has 34 heavy (non-hydrogen) atoms. The van der Waals surface area contributed by atoms with Crippen molar-refractivity contribution in [1.29, 1.82) is 0 Å². The molecule has 0 aromatic carbocycles. The standard InChI is InChI=1S/C25H30N4O4S/c30-22(17-5-3-9-26-15-17)27-23-21(19-7-1-2-8-20(19)34-23)25(32)29-10-4-6-18(16-29)24(31)28-11-13-33-14-12-28/h3,5,9,15,18H,1-2,4,6-8,10-14,16H2,(H,27,30). The number of nitrogens with zero attached hydrogens (tertiary/aromatic N) is 3. The van der Waals surface area contributed by atoms with Crippen LogP contribution in [0, 0.1) is 5.92 Å². The fourth-order valence-electron chi connectivity index (χ4n) is 5.12. The summed E-state index contributed by atoms with van der Waals surface area (Å²) in [6.45, 7) is 3.43. The molecule has 1 N–H and O–H groups in total. The van der Waals surface area contributed by atoms with Crippen molar-refractivity contribution < 1.29 is 19.1 Å². The number of aryl methyl sites for hydroxylation is 1. The molecule has 0 bridgehead atoms. The van der Waals surface area contributed by atoms with Crippen molar-refractivity contribution in [3.8, 4) is 0 Å². The predicted molar refractivity (Wildman–Crippen MR) is 129 cm³/mol. The third-order valence-electron chi connectivity index (χ3n) is 6.92. The zero-order chi connectivity index (χ0) is 23.5. The molecule has 0 radical (unpaired) electrons. The number of hydrogen-bond donors (Lipinski definition) is 1. The van der Waals surface area contributed by atoms with Gasteiger partial charge in [0.25, 0.3) is 11.8 Å². The van der Waals surface area contributed by atoms with Gasteiger partial charge in [-0.15, -0.1) is 11.3 Å². The summed E-state index contributed by atoms with van der Waals surface area (Å²) >= 11 is 1.52. The zero-order valence-electron chi connectivity index (χ0n) is 19.3. The number of fused-ring (bicyclic) bond motifs is 1. The van der Waals surface area contributed by atoms with Gasteiger partial charge in [-0.2, -0.15) is 0 Å². The quantitative estimate of drug-likeness (QED) is 0.723. The Morgan fingerprint density at radius 3 is 2.68 bits per heavy atom. The summed E-state index contributed by atoms with van der Waals surface area (Å²) in [5, 5.41) is 3.61. The number of piperidine rings is 1. The smallest absolute Gasteiger partial charge is 0.257 e. The molecule has 8 nitrogen and oxygen atoms in total. The summed E-state index contributed by atoms with van der Waals surface area (Å²) in [6, 6.07) is 3.43. The molecule has 1 aliphatic carbocycles. The van der Waals surface area contributed by atoms with E-state index in [1.807, 2.05) is 9.80 Å². The van der Waals surface area contributed by atoms with Crippen LogP contribution in [0.3, 0.4) is 0 Å². The van der Waals surface area contributed by atoms with Gasteiger partial charge in [0.05, 0.1) is 30.3 Å². The van der Waals surface area contributed by atoms with Crippen molar-refractivity contribution in [3.05, 3.63) is 46.1 Å². The van der Waals surface area contributed by atoms with Crippen LogP contribution in [0.1, 0.15) is 56.8 Å². The molecular formula is C25H30N4O4S. The van der Waals surface area contributed by atoms with Gasteiger partial charge in [-0.1, -0.05) is 0 Å². The average molecular weight is 483 g/mol. The number of thiophene rings is 1. The van der Waals surface area contributed by atoms with Crippen molar-refractivity contribution in [3.63, 3.8) is 0 Å². The van der Waals surface area contributed by atoms with Crippen LogP contribution in [0.2, 0.25) is 0 Å². The molecule has 3 aliphatic rings. The maximum absolute atomic E-state index is 13.8. The van der Waals surface area contributed by atoms with E-state index in [1.54, 1.807) is 18.3 Å². The van der Waals surface area contributed by atoms with Crippen LogP contribution in [0.25, 0.3) is 0 Å². The van der Waals surface area contributed by atoms with Crippen molar-refractivity contribution in [2.75, 3.05) is 44.7 Å². The van der Waals surface area contributed by atoms with Gasteiger partial charge >= 0.3 is 0 Å². The van der Waals surface area contributed by atoms with Gasteiger partial charge in [-0.05, 0) is 56.2 Å². The molecule has 1 atom stereocenters. The van der Waals surface area contributed by atoms with E-state index in [0.29, 0.717) is 55.5 Å². The summed E-state index contributed by atoms with van der Waals surface area (Å²) in [6.07, 6.45) is 8.66. The Morgan fingerprint density at radius 2 is 1.88 bits per heavy atom. The number of likely N-dealkylation sites (tertiary alicyclic amines) is 1. The lowest BCUT2D eigenvalue weighted by Gasteiger charge is -2.36. The van der Waals surface area contributed by atoms with Crippen molar-refractivity contribution >= 4 is 34.1 Å². The van der Waals surface area contributed by atoms with E-state index in [0.717, 1.165) is 44.1 Å². The molecule has 0 saturated carbocycles. The first-order chi connectivity index (χ1) is 16.6. The number of anilines is 1. The molecule has 5 rings (SSSR count). The number of nitrogens with one attached hydrogen (secondary N) is 1. The largest absolute Gasteiger partial charge is 0.378 e. The van der Waals surface area contributed by atoms with E-state index in [1.165, 1.54) is 22.4 Å². The normalized spacial score (nSPS) is 20.5. The number of amides is 3. The Morgan fingerprint density at radius 1 is 1.06 bits per heavy atom. The molecule has 9 heteroatoms. The second-order valence-corrected chi connectivity index (χ2v) is 10.2. The van der Waals surface area contributed by atoms with E-state index in [9.17, 15) is 14.4 Å². The second kappa shape index (κ2) is 10.2. The van der Waals surface area contributed by atoms with Crippen LogP contribution in [-0.2, 0) is 22.4 Å². The zero-order valence-corrected chi connectivity index (χ0v) is 20.1. The monoisotopic (exact) mass is 482 g/mol. The van der Waals surface area contributed by atoms with Crippen molar-refractivity contribution in [2.24, 2.45) is 5.92 Å². The molecule has 4 heterocycles.